The molecule has 5 rings (SSSR count). The molecule has 4 aromatic rings. The molecule has 2 aromatic heterocycles. The van der Waals surface area contributed by atoms with Crippen molar-refractivity contribution >= 4 is 28.3 Å². The first kappa shape index (κ1) is 21.4. The first-order valence-electron chi connectivity index (χ1n) is 10.5. The smallest absolute Gasteiger partial charge is 0.294 e. The molecule has 1 N–H and O–H groups in total. The summed E-state index contributed by atoms with van der Waals surface area (Å²) < 4.78 is 22.4. The van der Waals surface area contributed by atoms with Crippen LogP contribution in [-0.4, -0.2) is 31.0 Å². The van der Waals surface area contributed by atoms with E-state index in [1.54, 1.807) is 67.6 Å². The number of carbonyl (C=O) groups is 2. The average molecular weight is 459 g/mol. The molecule has 34 heavy (non-hydrogen) atoms. The molecule has 1 aliphatic rings. The molecule has 0 saturated heterocycles. The summed E-state index contributed by atoms with van der Waals surface area (Å²) in [6, 6.07) is 16.1. The standard InChI is InChI=1S/C26H21NO7/c1-14-11-12-18(33-14)22-21(23(28)20-13-15-7-6-10-19(32-3)25(15)34-20)24(29)26(30)27(22)16-8-4-5-9-17(16)31-2/h4-13,22,29H,1-3H3. The van der Waals surface area contributed by atoms with Crippen molar-refractivity contribution in [3.8, 4) is 11.5 Å². The number of nitrogens with zero attached hydrogens (tertiary/aromatic N) is 1. The Hall–Kier alpha value is -4.46. The predicted octanol–water partition coefficient (Wildman–Crippen LogP) is 5.13. The van der Waals surface area contributed by atoms with Crippen molar-refractivity contribution in [1.82, 2.24) is 0 Å². The molecule has 0 fully saturated rings. The van der Waals surface area contributed by atoms with E-state index >= 15 is 0 Å². The number of methoxy groups -OCH3 is 2. The van der Waals surface area contributed by atoms with Gasteiger partial charge in [-0.1, -0.05) is 24.3 Å². The molecule has 8 nitrogen and oxygen atoms in total. The van der Waals surface area contributed by atoms with Gasteiger partial charge in [0.2, 0.25) is 5.78 Å². The average Bonchev–Trinajstić information content (AvgIpc) is 3.54. The van der Waals surface area contributed by atoms with Crippen LogP contribution in [0.25, 0.3) is 11.0 Å². The number of hydrogen-bond donors (Lipinski definition) is 1. The third-order valence-electron chi connectivity index (χ3n) is 5.78. The van der Waals surface area contributed by atoms with E-state index in [0.717, 1.165) is 0 Å². The zero-order valence-electron chi connectivity index (χ0n) is 18.7. The van der Waals surface area contributed by atoms with Crippen molar-refractivity contribution in [1.29, 1.82) is 0 Å². The summed E-state index contributed by atoms with van der Waals surface area (Å²) >= 11 is 0. The van der Waals surface area contributed by atoms with Gasteiger partial charge in [0.1, 0.15) is 23.3 Å². The lowest BCUT2D eigenvalue weighted by Crippen LogP contribution is -2.31. The van der Waals surface area contributed by atoms with Crippen molar-refractivity contribution in [2.45, 2.75) is 13.0 Å². The van der Waals surface area contributed by atoms with Gasteiger partial charge >= 0.3 is 0 Å². The van der Waals surface area contributed by atoms with E-state index in [-0.39, 0.29) is 11.3 Å². The summed E-state index contributed by atoms with van der Waals surface area (Å²) in [5, 5.41) is 11.6. The zero-order valence-corrected chi connectivity index (χ0v) is 18.7. The third kappa shape index (κ3) is 3.23. The first-order chi connectivity index (χ1) is 16.4. The van der Waals surface area contributed by atoms with Crippen LogP contribution in [0, 0.1) is 6.92 Å². The lowest BCUT2D eigenvalue weighted by Gasteiger charge is -2.26. The van der Waals surface area contributed by atoms with Crippen molar-refractivity contribution < 1.29 is 33.0 Å². The second-order valence-electron chi connectivity index (χ2n) is 7.78. The normalized spacial score (nSPS) is 15.9. The van der Waals surface area contributed by atoms with E-state index < -0.39 is 23.5 Å². The van der Waals surface area contributed by atoms with E-state index in [2.05, 4.69) is 0 Å². The van der Waals surface area contributed by atoms with Crippen molar-refractivity contribution in [2.24, 2.45) is 0 Å². The van der Waals surface area contributed by atoms with Gasteiger partial charge in [-0.25, -0.2) is 0 Å². The Kier molecular flexibility index (Phi) is 5.13. The molecular formula is C26H21NO7. The largest absolute Gasteiger partial charge is 0.503 e. The zero-order chi connectivity index (χ0) is 24.0. The molecule has 0 bridgehead atoms. The van der Waals surface area contributed by atoms with Gasteiger partial charge in [0, 0.05) is 5.39 Å². The summed E-state index contributed by atoms with van der Waals surface area (Å²) in [5.41, 5.74) is 0.627. The fourth-order valence-electron chi connectivity index (χ4n) is 4.23. The number of ether oxygens (including phenoxy) is 2. The number of furan rings is 2. The lowest BCUT2D eigenvalue weighted by molar-refractivity contribution is -0.117. The quantitative estimate of drug-likeness (QED) is 0.399. The highest BCUT2D eigenvalue weighted by Gasteiger charge is 2.47. The number of ketones is 1. The van der Waals surface area contributed by atoms with Crippen LogP contribution in [0.5, 0.6) is 11.5 Å². The molecule has 2 aromatic carbocycles. The molecule has 0 spiro atoms. The highest BCUT2D eigenvalue weighted by molar-refractivity contribution is 6.21. The van der Waals surface area contributed by atoms with Crippen molar-refractivity contribution in [2.75, 3.05) is 19.1 Å². The Labute approximate surface area is 194 Å². The van der Waals surface area contributed by atoms with Crippen molar-refractivity contribution in [3.05, 3.63) is 89.3 Å². The number of aryl methyl sites for hydroxylation is 1. The van der Waals surface area contributed by atoms with Gasteiger partial charge in [0.15, 0.2) is 22.9 Å². The third-order valence-corrected chi connectivity index (χ3v) is 5.78. The molecule has 0 saturated carbocycles. The number of benzene rings is 2. The second kappa shape index (κ2) is 8.15. The molecule has 1 amide bonds. The monoisotopic (exact) mass is 459 g/mol. The summed E-state index contributed by atoms with van der Waals surface area (Å²) in [4.78, 5) is 28.3. The van der Waals surface area contributed by atoms with Crippen LogP contribution >= 0.6 is 0 Å². The van der Waals surface area contributed by atoms with Crippen molar-refractivity contribution in [3.63, 3.8) is 0 Å². The molecule has 0 radical (unpaired) electrons. The minimum Gasteiger partial charge on any atom is -0.503 e. The van der Waals surface area contributed by atoms with Gasteiger partial charge in [-0.2, -0.15) is 0 Å². The number of aliphatic hydroxyl groups is 1. The predicted molar refractivity (Wildman–Crippen MR) is 123 cm³/mol. The van der Waals surface area contributed by atoms with Gasteiger partial charge in [0.05, 0.1) is 25.5 Å². The number of aliphatic hydroxyl groups excluding tert-OH is 1. The Morgan fingerprint density at radius 3 is 2.41 bits per heavy atom. The van der Waals surface area contributed by atoms with Crippen LogP contribution in [0.4, 0.5) is 5.69 Å². The topological polar surface area (TPSA) is 102 Å². The van der Waals surface area contributed by atoms with Gasteiger partial charge in [-0.3, -0.25) is 14.5 Å². The lowest BCUT2D eigenvalue weighted by atomic mass is 9.99. The van der Waals surface area contributed by atoms with E-state index in [0.29, 0.717) is 39.7 Å². The second-order valence-corrected chi connectivity index (χ2v) is 7.78. The van der Waals surface area contributed by atoms with Crippen LogP contribution in [0.2, 0.25) is 0 Å². The van der Waals surface area contributed by atoms with Crippen LogP contribution in [-0.2, 0) is 4.79 Å². The number of amides is 1. The summed E-state index contributed by atoms with van der Waals surface area (Å²) in [6.07, 6.45) is 0. The Balaban J connectivity index is 1.67. The van der Waals surface area contributed by atoms with Crippen LogP contribution in [0.15, 0.2) is 80.8 Å². The number of anilines is 1. The summed E-state index contributed by atoms with van der Waals surface area (Å²) in [7, 11) is 2.98. The molecule has 3 heterocycles. The molecule has 8 heteroatoms. The minimum absolute atomic E-state index is 0.0380. The molecule has 0 aliphatic carbocycles. The van der Waals surface area contributed by atoms with Gasteiger partial charge in [-0.05, 0) is 43.3 Å². The highest BCUT2D eigenvalue weighted by atomic mass is 16.5. The number of para-hydroxylation sites is 3. The number of Topliss-reactive ketones (excluding diaryl/α,β-unsaturated/α-hetero) is 1. The molecule has 1 unspecified atom stereocenters. The van der Waals surface area contributed by atoms with Gasteiger partial charge in [0.25, 0.3) is 5.91 Å². The minimum atomic E-state index is -1.03. The SMILES string of the molecule is COc1ccccc1N1C(=O)C(O)=C(C(=O)c2cc3cccc(OC)c3o2)C1c1ccc(C)o1. The molecular weight excluding hydrogens is 438 g/mol. The van der Waals surface area contributed by atoms with E-state index in [1.165, 1.54) is 19.1 Å². The van der Waals surface area contributed by atoms with E-state index in [1.807, 2.05) is 0 Å². The van der Waals surface area contributed by atoms with E-state index in [9.17, 15) is 14.7 Å². The number of rotatable bonds is 6. The maximum atomic E-state index is 13.7. The van der Waals surface area contributed by atoms with Crippen LogP contribution in [0.3, 0.4) is 0 Å². The fourth-order valence-corrected chi connectivity index (χ4v) is 4.23. The number of hydrogen-bond acceptors (Lipinski definition) is 7. The molecule has 172 valence electrons. The number of carbonyl (C=O) groups excluding carboxylic acids is 2. The maximum Gasteiger partial charge on any atom is 0.294 e. The van der Waals surface area contributed by atoms with Crippen LogP contribution < -0.4 is 14.4 Å². The Bertz CT molecular complexity index is 1460. The highest BCUT2D eigenvalue weighted by Crippen LogP contribution is 2.45. The fraction of sp³-hybridized carbons (Fsp3) is 0.154. The van der Waals surface area contributed by atoms with Gasteiger partial charge < -0.3 is 23.4 Å². The number of fused-ring (bicyclic) bond motifs is 1. The Morgan fingerprint density at radius 1 is 0.971 bits per heavy atom. The van der Waals surface area contributed by atoms with Crippen LogP contribution in [0.1, 0.15) is 28.1 Å². The molecule has 1 aliphatic heterocycles. The summed E-state index contributed by atoms with van der Waals surface area (Å²) in [6.45, 7) is 1.75. The summed E-state index contributed by atoms with van der Waals surface area (Å²) in [5.74, 6) is -0.329. The van der Waals surface area contributed by atoms with E-state index in [4.69, 9.17) is 18.3 Å². The van der Waals surface area contributed by atoms with Gasteiger partial charge in [-0.15, -0.1) is 0 Å². The Morgan fingerprint density at radius 2 is 1.71 bits per heavy atom. The maximum absolute atomic E-state index is 13.7. The molecule has 1 atom stereocenters. The first-order valence-corrected chi connectivity index (χ1v) is 10.5.